The number of ether oxygens (including phenoxy) is 2. The van der Waals surface area contributed by atoms with E-state index < -0.39 is 16.9 Å². The Morgan fingerprint density at radius 3 is 2.66 bits per heavy atom. The van der Waals surface area contributed by atoms with Crippen LogP contribution in [0.5, 0.6) is 5.75 Å². The summed E-state index contributed by atoms with van der Waals surface area (Å²) in [5, 5.41) is 11.5. The number of esters is 1. The maximum atomic E-state index is 13.8. The number of non-ortho nitro benzene ring substituents is 1. The number of furan rings is 1. The molecule has 0 saturated heterocycles. The predicted molar refractivity (Wildman–Crippen MR) is 154 cm³/mol. The summed E-state index contributed by atoms with van der Waals surface area (Å²) in [7, 11) is 1.41. The first-order chi connectivity index (χ1) is 19.6. The Kier molecular flexibility index (Phi) is 7.65. The highest BCUT2D eigenvalue weighted by atomic mass is 35.5. The van der Waals surface area contributed by atoms with Gasteiger partial charge in [0, 0.05) is 17.2 Å². The number of nitrogens with zero attached hydrogens (tertiary/aromatic N) is 3. The van der Waals surface area contributed by atoms with Crippen LogP contribution in [-0.4, -0.2) is 28.7 Å². The van der Waals surface area contributed by atoms with Crippen LogP contribution in [0.2, 0.25) is 5.02 Å². The van der Waals surface area contributed by atoms with Gasteiger partial charge in [-0.1, -0.05) is 41.1 Å². The Hall–Kier alpha value is -4.48. The van der Waals surface area contributed by atoms with Crippen molar-refractivity contribution in [3.63, 3.8) is 0 Å². The minimum Gasteiger partial charge on any atom is -0.496 e. The molecule has 0 saturated carbocycles. The minimum absolute atomic E-state index is 0.112. The molecule has 2 aromatic heterocycles. The first-order valence-electron chi connectivity index (χ1n) is 12.5. The van der Waals surface area contributed by atoms with Gasteiger partial charge in [0.1, 0.15) is 23.3 Å². The van der Waals surface area contributed by atoms with E-state index in [1.165, 1.54) is 29.9 Å². The molecule has 1 aliphatic rings. The smallest absolute Gasteiger partial charge is 0.338 e. The largest absolute Gasteiger partial charge is 0.496 e. The standard InChI is InChI=1S/C29H24ClN3O7S/c1-15(2)39-28(35)25-16(3)31-29-32(26(25)19-7-5-6-8-21(19)30)27(34)24(41-29)14-18-10-12-22(40-18)20-11-9-17(33(36)37)13-23(20)38-4/h5-15,26H,1-4H3. The molecule has 0 spiro atoms. The third-order valence-electron chi connectivity index (χ3n) is 6.35. The van der Waals surface area contributed by atoms with Crippen LogP contribution < -0.4 is 19.6 Å². The number of aromatic nitrogens is 1. The molecule has 1 atom stereocenters. The molecule has 41 heavy (non-hydrogen) atoms. The van der Waals surface area contributed by atoms with E-state index in [-0.39, 0.29) is 28.7 Å². The van der Waals surface area contributed by atoms with E-state index >= 15 is 0 Å². The molecule has 5 rings (SSSR count). The summed E-state index contributed by atoms with van der Waals surface area (Å²) < 4.78 is 18.6. The Balaban J connectivity index is 1.62. The molecule has 1 unspecified atom stereocenters. The van der Waals surface area contributed by atoms with Crippen molar-refractivity contribution < 1.29 is 23.6 Å². The number of benzene rings is 2. The SMILES string of the molecule is COc1cc([N+](=O)[O-])ccc1-c1ccc(C=c2sc3n(c2=O)C(c2ccccc2Cl)C(C(=O)OC(C)C)=C(C)N=3)o1. The lowest BCUT2D eigenvalue weighted by Crippen LogP contribution is -2.40. The fraction of sp³-hybridized carbons (Fsp3) is 0.207. The monoisotopic (exact) mass is 593 g/mol. The lowest BCUT2D eigenvalue weighted by molar-refractivity contribution is -0.384. The number of methoxy groups -OCH3 is 1. The number of halogens is 1. The zero-order chi connectivity index (χ0) is 29.4. The summed E-state index contributed by atoms with van der Waals surface area (Å²) in [6.45, 7) is 5.20. The summed E-state index contributed by atoms with van der Waals surface area (Å²) in [5.74, 6) is 0.470. The van der Waals surface area contributed by atoms with Gasteiger partial charge in [-0.3, -0.25) is 19.5 Å². The molecule has 2 aromatic carbocycles. The molecule has 0 amide bonds. The lowest BCUT2D eigenvalue weighted by Gasteiger charge is -2.26. The number of thiazole rings is 1. The molecule has 0 fully saturated rings. The molecule has 10 nitrogen and oxygen atoms in total. The van der Waals surface area contributed by atoms with Gasteiger partial charge in [0.25, 0.3) is 11.2 Å². The maximum Gasteiger partial charge on any atom is 0.338 e. The first-order valence-corrected chi connectivity index (χ1v) is 13.7. The van der Waals surface area contributed by atoms with Gasteiger partial charge < -0.3 is 13.9 Å². The molecule has 210 valence electrons. The molecule has 0 bridgehead atoms. The number of hydrogen-bond acceptors (Lipinski definition) is 9. The van der Waals surface area contributed by atoms with Crippen LogP contribution in [0.3, 0.4) is 0 Å². The van der Waals surface area contributed by atoms with E-state index in [1.54, 1.807) is 63.2 Å². The summed E-state index contributed by atoms with van der Waals surface area (Å²) >= 11 is 7.71. The Bertz CT molecular complexity index is 1900. The third kappa shape index (κ3) is 5.33. The van der Waals surface area contributed by atoms with Crippen LogP contribution in [0.1, 0.15) is 38.1 Å². The topological polar surface area (TPSA) is 126 Å². The lowest BCUT2D eigenvalue weighted by atomic mass is 9.96. The highest BCUT2D eigenvalue weighted by Gasteiger charge is 2.34. The maximum absolute atomic E-state index is 13.8. The first kappa shape index (κ1) is 28.1. The minimum atomic E-state index is -0.843. The van der Waals surface area contributed by atoms with Gasteiger partial charge >= 0.3 is 5.97 Å². The second-order valence-electron chi connectivity index (χ2n) is 9.40. The van der Waals surface area contributed by atoms with Gasteiger partial charge in [0.2, 0.25) is 0 Å². The van der Waals surface area contributed by atoms with E-state index in [9.17, 15) is 19.7 Å². The number of hydrogen-bond donors (Lipinski definition) is 0. The van der Waals surface area contributed by atoms with E-state index in [2.05, 4.69) is 4.99 Å². The van der Waals surface area contributed by atoms with Crippen LogP contribution in [0.15, 0.2) is 80.1 Å². The van der Waals surface area contributed by atoms with Crippen LogP contribution in [0.4, 0.5) is 5.69 Å². The van der Waals surface area contributed by atoms with Gasteiger partial charge in [-0.25, -0.2) is 9.79 Å². The summed E-state index contributed by atoms with van der Waals surface area (Å²) in [6.07, 6.45) is 1.21. The van der Waals surface area contributed by atoms with Gasteiger partial charge in [-0.05, 0) is 50.6 Å². The fourth-order valence-electron chi connectivity index (χ4n) is 4.55. The van der Waals surface area contributed by atoms with Crippen molar-refractivity contribution in [2.24, 2.45) is 4.99 Å². The van der Waals surface area contributed by atoms with Crippen molar-refractivity contribution in [2.75, 3.05) is 7.11 Å². The van der Waals surface area contributed by atoms with Crippen molar-refractivity contribution in [1.29, 1.82) is 0 Å². The summed E-state index contributed by atoms with van der Waals surface area (Å²) in [6, 6.07) is 13.8. The van der Waals surface area contributed by atoms with Crippen LogP contribution in [0.25, 0.3) is 17.4 Å². The second-order valence-corrected chi connectivity index (χ2v) is 10.8. The van der Waals surface area contributed by atoms with Gasteiger partial charge in [0.05, 0.1) is 45.6 Å². The number of nitro benzene ring substituents is 1. The molecule has 12 heteroatoms. The van der Waals surface area contributed by atoms with E-state index in [0.29, 0.717) is 42.7 Å². The average Bonchev–Trinajstić information content (AvgIpc) is 3.51. The van der Waals surface area contributed by atoms with E-state index in [4.69, 9.17) is 25.5 Å². The zero-order valence-corrected chi connectivity index (χ0v) is 24.0. The van der Waals surface area contributed by atoms with Crippen molar-refractivity contribution in [3.05, 3.63) is 112 Å². The van der Waals surface area contributed by atoms with Crippen LogP contribution in [-0.2, 0) is 9.53 Å². The highest BCUT2D eigenvalue weighted by Crippen LogP contribution is 2.36. The van der Waals surface area contributed by atoms with Crippen molar-refractivity contribution in [3.8, 4) is 17.1 Å². The zero-order valence-electron chi connectivity index (χ0n) is 22.4. The number of allylic oxidation sites excluding steroid dienone is 1. The fourth-order valence-corrected chi connectivity index (χ4v) is 5.82. The Labute approximate surface area is 242 Å². The normalized spacial score (nSPS) is 15.1. The molecule has 0 radical (unpaired) electrons. The number of rotatable bonds is 7. The van der Waals surface area contributed by atoms with E-state index in [0.717, 1.165) is 11.3 Å². The molecule has 0 N–H and O–H groups in total. The molecule has 1 aliphatic heterocycles. The highest BCUT2D eigenvalue weighted by molar-refractivity contribution is 7.07. The summed E-state index contributed by atoms with van der Waals surface area (Å²) in [4.78, 5) is 42.7. The molecule has 3 heterocycles. The van der Waals surface area contributed by atoms with Crippen LogP contribution >= 0.6 is 22.9 Å². The Morgan fingerprint density at radius 1 is 1.22 bits per heavy atom. The van der Waals surface area contributed by atoms with Crippen molar-refractivity contribution >= 4 is 40.7 Å². The van der Waals surface area contributed by atoms with E-state index in [1.807, 2.05) is 0 Å². The molecular weight excluding hydrogens is 570 g/mol. The van der Waals surface area contributed by atoms with Gasteiger partial charge in [-0.15, -0.1) is 0 Å². The van der Waals surface area contributed by atoms with Gasteiger partial charge in [-0.2, -0.15) is 0 Å². The predicted octanol–water partition coefficient (Wildman–Crippen LogP) is 5.02. The Morgan fingerprint density at radius 2 is 1.98 bits per heavy atom. The molecule has 0 aliphatic carbocycles. The van der Waals surface area contributed by atoms with Crippen molar-refractivity contribution in [1.82, 2.24) is 4.57 Å². The molecule has 4 aromatic rings. The number of nitro groups is 1. The second kappa shape index (κ2) is 11.2. The summed E-state index contributed by atoms with van der Waals surface area (Å²) in [5.41, 5.74) is 1.25. The third-order valence-corrected chi connectivity index (χ3v) is 7.67. The molecular formula is C29H24ClN3O7S. The average molecular weight is 594 g/mol. The number of carbonyl (C=O) groups is 1. The van der Waals surface area contributed by atoms with Crippen LogP contribution in [0, 0.1) is 10.1 Å². The number of carbonyl (C=O) groups excluding carboxylic acids is 1. The number of fused-ring (bicyclic) bond motifs is 1. The van der Waals surface area contributed by atoms with Crippen molar-refractivity contribution in [2.45, 2.75) is 32.9 Å². The quantitative estimate of drug-likeness (QED) is 0.167. The van der Waals surface area contributed by atoms with Gasteiger partial charge in [0.15, 0.2) is 4.80 Å².